The molecule has 5 aliphatic rings. The van der Waals surface area contributed by atoms with Crippen LogP contribution in [0.25, 0.3) is 27.8 Å². The molecule has 1 unspecified atom stereocenters. The van der Waals surface area contributed by atoms with Crippen molar-refractivity contribution in [1.82, 2.24) is 45.4 Å². The van der Waals surface area contributed by atoms with Crippen LogP contribution in [-0.4, -0.2) is 275 Å². The Balaban J connectivity index is 0.577. The van der Waals surface area contributed by atoms with Crippen LogP contribution < -0.4 is 26.4 Å². The van der Waals surface area contributed by atoms with Crippen LogP contribution in [-0.2, 0) is 90.4 Å². The number of hydrogen-bond acceptors (Lipinski definition) is 27. The van der Waals surface area contributed by atoms with Crippen molar-refractivity contribution in [2.24, 2.45) is 35.5 Å². The first-order chi connectivity index (χ1) is 59.4. The molecule has 6 heterocycles. The highest BCUT2D eigenvalue weighted by Crippen LogP contribution is 2.41. The van der Waals surface area contributed by atoms with Gasteiger partial charge in [-0.2, -0.15) is 5.10 Å². The SMILES string of the molecule is COc1cccc2cc(-c3nc(C4CCC(C(=O)NCCOCCOCCNC(=O)CCOCCOCCOCCOCCOCCNC(=O)OC5CCC(CC[C@@H]6CC(=O)[C@H](C)/C=C(\C)[C@@H](O)[C@@H](OC)C(=O)[C@H](C)C[C@H](C)/C=C/C=C/C=C(\C)[C@@H](OC)CC7CC[C@@H](C)[C@@](O)(O7)C(=O)C(=O)N7CCCC[C@H]7C(=O)O6)CC5)CC4)n4ncnc(N)c34)[nH]c12. The van der Waals surface area contributed by atoms with Gasteiger partial charge >= 0.3 is 12.1 Å². The number of carbonyl (C=O) groups is 8. The maximum atomic E-state index is 14.5. The summed E-state index contributed by atoms with van der Waals surface area (Å²) in [6, 6.07) is 6.68. The minimum Gasteiger partial charge on any atom is -0.495 e. The van der Waals surface area contributed by atoms with Gasteiger partial charge in [0.15, 0.2) is 11.6 Å². The number of aromatic nitrogens is 5. The lowest BCUT2D eigenvalue weighted by Crippen LogP contribution is -2.60. The van der Waals surface area contributed by atoms with Crippen molar-refractivity contribution in [3.8, 4) is 17.1 Å². The molecule has 3 aliphatic heterocycles. The molecule has 3 aromatic heterocycles. The van der Waals surface area contributed by atoms with E-state index >= 15 is 0 Å². The molecule has 4 amide bonds. The lowest BCUT2D eigenvalue weighted by molar-refractivity contribution is -0.265. The molecule has 2 bridgehead atoms. The number of ketones is 3. The van der Waals surface area contributed by atoms with Crippen molar-refractivity contribution < 1.29 is 110 Å². The van der Waals surface area contributed by atoms with E-state index in [2.05, 4.69) is 31.0 Å². The first-order valence-electron chi connectivity index (χ1n) is 44.1. The Hall–Kier alpha value is -8.45. The molecule has 2 saturated heterocycles. The van der Waals surface area contributed by atoms with Gasteiger partial charge in [-0.15, -0.1) is 0 Å². The summed E-state index contributed by atoms with van der Waals surface area (Å²) in [6.07, 6.45) is 16.4. The second-order valence-electron chi connectivity index (χ2n) is 33.1. The van der Waals surface area contributed by atoms with Crippen LogP contribution in [0.2, 0.25) is 0 Å². The standard InChI is InChI=1S/C90H134N10O23/c1-58-16-11-10-12-17-59(2)75(112-8)56-70-29-21-63(6)90(110,123-70)83(105)87(107)99-37-14-13-19-72(99)88(108)121-69(55-73(101)60(3)53-62(5)81(104)82(113-9)80(103)61(4)52-58)32-24-64-22-30-68(31-23-64)122-89(109)94-36-41-117-45-47-119-49-51-120-50-48-118-46-42-114-38-33-76(102)92-34-39-115-43-44-116-40-35-93-86(106)66-27-25-65(26-28-66)85-98-78(79-84(91)95-57-96-100(79)85)71-54-67-18-15-20-74(111-7)77(67)97-71/h10-12,15-18,20,53-54,57-58,60-61,63-66,68-70,72,75,81-82,97,104,110H,13-14,19,21-52,55-56H2,1-9H3,(H,92,102)(H,93,106)(H,94,109)(H2,91,95,96)/b12-10+,16-11+,59-17+,62-53+/t58-,60-,61-,63-,64?,65?,66?,68?,69-,70?,72+,75+,81-,82+,90-/m1/s1. The lowest BCUT2D eigenvalue weighted by Gasteiger charge is -2.42. The number of cyclic esters (lactones) is 1. The van der Waals surface area contributed by atoms with E-state index in [1.165, 1.54) is 18.3 Å². The van der Waals surface area contributed by atoms with Crippen molar-refractivity contribution in [3.63, 3.8) is 0 Å². The average molecular weight is 1720 g/mol. The summed E-state index contributed by atoms with van der Waals surface area (Å²) in [5.74, 6) is -6.22. The van der Waals surface area contributed by atoms with Crippen LogP contribution in [0.3, 0.4) is 0 Å². The van der Waals surface area contributed by atoms with Gasteiger partial charge in [0.2, 0.25) is 17.6 Å². The van der Waals surface area contributed by atoms with E-state index in [0.717, 1.165) is 46.6 Å². The molecule has 9 rings (SSSR count). The number of aromatic amines is 1. The van der Waals surface area contributed by atoms with E-state index in [0.29, 0.717) is 198 Å². The van der Waals surface area contributed by atoms with Crippen LogP contribution >= 0.6 is 0 Å². The smallest absolute Gasteiger partial charge is 0.407 e. The molecule has 4 aromatic rings. The minimum absolute atomic E-state index is 0.00840. The molecule has 33 nitrogen and oxygen atoms in total. The summed E-state index contributed by atoms with van der Waals surface area (Å²) in [5.41, 5.74) is 10.6. The Labute approximate surface area is 722 Å². The first-order valence-corrected chi connectivity index (χ1v) is 44.1. The van der Waals surface area contributed by atoms with Gasteiger partial charge in [0.1, 0.15) is 65.4 Å². The highest BCUT2D eigenvalue weighted by atomic mass is 16.6. The topological polar surface area (TPSA) is 421 Å². The lowest BCUT2D eigenvalue weighted by atomic mass is 9.81. The number of nitrogens with one attached hydrogen (secondary N) is 4. The molecule has 33 heteroatoms. The number of allylic oxidation sites excluding steroid dienone is 6. The van der Waals surface area contributed by atoms with Crippen LogP contribution in [0.4, 0.5) is 10.6 Å². The maximum Gasteiger partial charge on any atom is 0.407 e. The number of Topliss-reactive ketones (excluding diaryl/α,β-unsaturated/α-hetero) is 3. The third-order valence-electron chi connectivity index (χ3n) is 24.0. The van der Waals surface area contributed by atoms with Crippen molar-refractivity contribution in [2.75, 3.05) is 146 Å². The van der Waals surface area contributed by atoms with E-state index in [1.54, 1.807) is 52.5 Å². The maximum absolute atomic E-state index is 14.5. The molecule has 8 N–H and O–H groups in total. The number of aliphatic hydroxyl groups excluding tert-OH is 1. The van der Waals surface area contributed by atoms with Crippen LogP contribution in [0.1, 0.15) is 175 Å². The Bertz CT molecular complexity index is 4150. The van der Waals surface area contributed by atoms with Crippen molar-refractivity contribution in [3.05, 3.63) is 84.0 Å². The zero-order valence-electron chi connectivity index (χ0n) is 73.4. The molecule has 1 aromatic carbocycles. The number of para-hydroxylation sites is 1. The summed E-state index contributed by atoms with van der Waals surface area (Å²) >= 11 is 0. The van der Waals surface area contributed by atoms with Gasteiger partial charge in [0.05, 0.1) is 123 Å². The van der Waals surface area contributed by atoms with Crippen molar-refractivity contribution in [2.45, 2.75) is 218 Å². The van der Waals surface area contributed by atoms with E-state index in [-0.39, 0.29) is 105 Å². The Morgan fingerprint density at radius 2 is 1.36 bits per heavy atom. The van der Waals surface area contributed by atoms with Gasteiger partial charge in [-0.25, -0.2) is 24.1 Å². The zero-order chi connectivity index (χ0) is 88.2. The molecule has 11 atom stereocenters. The van der Waals surface area contributed by atoms with E-state index in [9.17, 15) is 48.6 Å². The second kappa shape index (κ2) is 51.2. The number of methoxy groups -OCH3 is 3. The number of hydrogen-bond donors (Lipinski definition) is 7. The zero-order valence-corrected chi connectivity index (χ0v) is 73.4. The number of aliphatic hydroxyl groups is 2. The number of amides is 4. The number of carbonyl (C=O) groups excluding carboxylic acids is 8. The average Bonchev–Trinajstić information content (AvgIpc) is 1.42. The number of nitrogens with zero attached hydrogens (tertiary/aromatic N) is 5. The predicted molar refractivity (Wildman–Crippen MR) is 457 cm³/mol. The van der Waals surface area contributed by atoms with E-state index in [1.807, 2.05) is 68.5 Å². The number of imidazole rings is 1. The number of anilines is 1. The van der Waals surface area contributed by atoms with E-state index in [4.69, 9.17) is 72.3 Å². The largest absolute Gasteiger partial charge is 0.495 e. The van der Waals surface area contributed by atoms with Gasteiger partial charge in [-0.3, -0.25) is 28.8 Å². The fourth-order valence-corrected chi connectivity index (χ4v) is 16.7. The van der Waals surface area contributed by atoms with Crippen LogP contribution in [0.5, 0.6) is 5.75 Å². The number of H-pyrrole nitrogens is 1. The van der Waals surface area contributed by atoms with Gasteiger partial charge in [0, 0.05) is 94.6 Å². The van der Waals surface area contributed by atoms with Crippen molar-refractivity contribution in [1.29, 1.82) is 0 Å². The molecule has 682 valence electrons. The second-order valence-corrected chi connectivity index (χ2v) is 33.1. The summed E-state index contributed by atoms with van der Waals surface area (Å²) in [5, 5.41) is 37.7. The molecule has 123 heavy (non-hydrogen) atoms. The van der Waals surface area contributed by atoms with Crippen LogP contribution in [0.15, 0.2) is 78.2 Å². The monoisotopic (exact) mass is 1720 g/mol. The number of fused-ring (bicyclic) bond motifs is 5. The highest BCUT2D eigenvalue weighted by Gasteiger charge is 2.53. The Morgan fingerprint density at radius 3 is 2.02 bits per heavy atom. The number of nitrogens with two attached hydrogens (primary N) is 1. The molecule has 4 fully saturated rings. The number of nitrogen functional groups attached to an aromatic ring is 1. The molecule has 2 aliphatic carbocycles. The normalized spacial score (nSPS) is 27.9. The van der Waals surface area contributed by atoms with Crippen LogP contribution in [0, 0.1) is 35.5 Å². The molecular formula is C90H134N10O23. The molecule has 0 spiro atoms. The number of alkyl carbamates (subject to hydrolysis) is 1. The van der Waals surface area contributed by atoms with Gasteiger partial charge in [-0.05, 0) is 152 Å². The van der Waals surface area contributed by atoms with E-state index < -0.39 is 83.9 Å². The quantitative estimate of drug-likeness (QED) is 0.00958. The number of rotatable bonds is 37. The summed E-state index contributed by atoms with van der Waals surface area (Å²) in [6.45, 7) is 16.3. The Kier molecular flexibility index (Phi) is 41.0. The minimum atomic E-state index is -2.47. The van der Waals surface area contributed by atoms with Gasteiger partial charge in [0.25, 0.3) is 11.7 Å². The third-order valence-corrected chi connectivity index (χ3v) is 24.0. The number of esters is 1. The summed E-state index contributed by atoms with van der Waals surface area (Å²) in [7, 11) is 4.57. The molecule has 2 saturated carbocycles. The third kappa shape index (κ3) is 29.9. The fourth-order valence-electron chi connectivity index (χ4n) is 16.7. The number of ether oxygens (including phenoxy) is 13. The van der Waals surface area contributed by atoms with Crippen molar-refractivity contribution >= 4 is 69.4 Å². The number of benzene rings is 1. The first kappa shape index (κ1) is 98.3. The molecule has 0 radical (unpaired) electrons. The molecular weight excluding hydrogens is 1590 g/mol. The predicted octanol–water partition coefficient (Wildman–Crippen LogP) is 8.93. The Morgan fingerprint density at radius 1 is 0.707 bits per heavy atom. The number of piperidine rings is 1. The van der Waals surface area contributed by atoms with Gasteiger partial charge < -0.3 is 103 Å². The fraction of sp³-hybridized carbons (Fsp3) is 0.678. The summed E-state index contributed by atoms with van der Waals surface area (Å²) in [4.78, 5) is 124. The highest BCUT2D eigenvalue weighted by molar-refractivity contribution is 6.39. The summed E-state index contributed by atoms with van der Waals surface area (Å²) < 4.78 is 76.3. The van der Waals surface area contributed by atoms with Gasteiger partial charge in [-0.1, -0.05) is 76.3 Å².